The zero-order valence-electron chi connectivity index (χ0n) is 15.4. The predicted molar refractivity (Wildman–Crippen MR) is 102 cm³/mol. The van der Waals surface area contributed by atoms with E-state index < -0.39 is 0 Å². The van der Waals surface area contributed by atoms with Gasteiger partial charge in [0.15, 0.2) is 0 Å². The molecule has 2 atom stereocenters. The highest BCUT2D eigenvalue weighted by Crippen LogP contribution is 2.29. The lowest BCUT2D eigenvalue weighted by molar-refractivity contribution is -0.00525. The molecule has 0 unspecified atom stereocenters. The monoisotopic (exact) mass is 323 g/mol. The van der Waals surface area contributed by atoms with E-state index in [1.807, 2.05) is 0 Å². The van der Waals surface area contributed by atoms with Crippen molar-refractivity contribution in [3.8, 4) is 0 Å². The van der Waals surface area contributed by atoms with Crippen LogP contribution in [0.1, 0.15) is 36.1 Å². The lowest BCUT2D eigenvalue weighted by Crippen LogP contribution is -2.45. The maximum Gasteiger partial charge on any atom is 0.0726 e. The zero-order valence-corrected chi connectivity index (χ0v) is 15.4. The number of anilines is 1. The van der Waals surface area contributed by atoms with Crippen LogP contribution in [0.5, 0.6) is 0 Å². The molecule has 0 N–H and O–H groups in total. The van der Waals surface area contributed by atoms with Crippen molar-refractivity contribution in [2.45, 2.75) is 52.7 Å². The normalized spacial score (nSPS) is 21.1. The topological polar surface area (TPSA) is 12.5 Å². The average Bonchev–Trinajstić information content (AvgIpc) is 2.56. The fourth-order valence-electron chi connectivity index (χ4n) is 3.77. The SMILES string of the molecule is Cc1c(CCc2ccccc2)ccc(N2C[C@@H](C)O[C@@H](C)C2)c1C. The number of aryl methyl sites for hydroxylation is 2. The van der Waals surface area contributed by atoms with Gasteiger partial charge in [-0.2, -0.15) is 0 Å². The third kappa shape index (κ3) is 3.81. The van der Waals surface area contributed by atoms with Crippen molar-refractivity contribution in [2.24, 2.45) is 0 Å². The minimum absolute atomic E-state index is 0.297. The third-order valence-corrected chi connectivity index (χ3v) is 5.16. The van der Waals surface area contributed by atoms with Crippen molar-refractivity contribution in [1.82, 2.24) is 0 Å². The summed E-state index contributed by atoms with van der Waals surface area (Å²) >= 11 is 0. The summed E-state index contributed by atoms with van der Waals surface area (Å²) in [7, 11) is 0. The summed E-state index contributed by atoms with van der Waals surface area (Å²) in [5.41, 5.74) is 7.11. The number of nitrogens with zero attached hydrogens (tertiary/aromatic N) is 1. The second kappa shape index (κ2) is 7.40. The Bertz CT molecular complexity index is 670. The lowest BCUT2D eigenvalue weighted by atomic mass is 9.95. The first-order valence-electron chi connectivity index (χ1n) is 9.08. The van der Waals surface area contributed by atoms with Gasteiger partial charge in [-0.1, -0.05) is 36.4 Å². The summed E-state index contributed by atoms with van der Waals surface area (Å²) in [5, 5.41) is 0. The Morgan fingerprint density at radius 1 is 0.875 bits per heavy atom. The van der Waals surface area contributed by atoms with Crippen molar-refractivity contribution in [1.29, 1.82) is 0 Å². The second-order valence-corrected chi connectivity index (χ2v) is 7.14. The Morgan fingerprint density at radius 3 is 2.21 bits per heavy atom. The molecule has 1 fully saturated rings. The molecule has 0 spiro atoms. The number of ether oxygens (including phenoxy) is 1. The molecular formula is C22H29NO. The van der Waals surface area contributed by atoms with Crippen LogP contribution in [0.3, 0.4) is 0 Å². The number of hydrogen-bond donors (Lipinski definition) is 0. The summed E-state index contributed by atoms with van der Waals surface area (Å²) in [4.78, 5) is 2.49. The molecular weight excluding hydrogens is 294 g/mol. The van der Waals surface area contributed by atoms with Crippen LogP contribution in [0, 0.1) is 13.8 Å². The fourth-order valence-corrected chi connectivity index (χ4v) is 3.77. The van der Waals surface area contributed by atoms with Gasteiger partial charge in [0, 0.05) is 18.8 Å². The minimum atomic E-state index is 0.297. The van der Waals surface area contributed by atoms with E-state index in [9.17, 15) is 0 Å². The molecule has 2 aromatic carbocycles. The van der Waals surface area contributed by atoms with E-state index in [0.29, 0.717) is 12.2 Å². The van der Waals surface area contributed by atoms with Gasteiger partial charge in [0.25, 0.3) is 0 Å². The summed E-state index contributed by atoms with van der Waals surface area (Å²) in [6.45, 7) is 10.8. The maximum atomic E-state index is 5.88. The lowest BCUT2D eigenvalue weighted by Gasteiger charge is -2.38. The molecule has 0 amide bonds. The maximum absolute atomic E-state index is 5.88. The van der Waals surface area contributed by atoms with Crippen LogP contribution in [0.25, 0.3) is 0 Å². The Morgan fingerprint density at radius 2 is 1.54 bits per heavy atom. The molecule has 3 rings (SSSR count). The second-order valence-electron chi connectivity index (χ2n) is 7.14. The average molecular weight is 323 g/mol. The molecule has 1 saturated heterocycles. The highest BCUT2D eigenvalue weighted by Gasteiger charge is 2.23. The van der Waals surface area contributed by atoms with E-state index in [2.05, 4.69) is 75.1 Å². The molecule has 2 heteroatoms. The highest BCUT2D eigenvalue weighted by molar-refractivity contribution is 5.58. The first kappa shape index (κ1) is 17.0. The van der Waals surface area contributed by atoms with Gasteiger partial charge in [-0.05, 0) is 68.9 Å². The largest absolute Gasteiger partial charge is 0.372 e. The Hall–Kier alpha value is -1.80. The number of benzene rings is 2. The molecule has 0 radical (unpaired) electrons. The van der Waals surface area contributed by atoms with Crippen LogP contribution in [0.2, 0.25) is 0 Å². The van der Waals surface area contributed by atoms with Crippen molar-refractivity contribution < 1.29 is 4.74 Å². The summed E-state index contributed by atoms with van der Waals surface area (Å²) in [6, 6.07) is 15.4. The Balaban J connectivity index is 1.76. The summed E-state index contributed by atoms with van der Waals surface area (Å²) < 4.78 is 5.88. The van der Waals surface area contributed by atoms with Gasteiger partial charge < -0.3 is 9.64 Å². The van der Waals surface area contributed by atoms with Crippen molar-refractivity contribution in [3.63, 3.8) is 0 Å². The van der Waals surface area contributed by atoms with Gasteiger partial charge in [-0.25, -0.2) is 0 Å². The van der Waals surface area contributed by atoms with Crippen LogP contribution in [0.4, 0.5) is 5.69 Å². The summed E-state index contributed by atoms with van der Waals surface area (Å²) in [6.07, 6.45) is 2.80. The molecule has 0 aliphatic carbocycles. The van der Waals surface area contributed by atoms with Crippen LogP contribution in [-0.2, 0) is 17.6 Å². The summed E-state index contributed by atoms with van der Waals surface area (Å²) in [5.74, 6) is 0. The number of rotatable bonds is 4. The highest BCUT2D eigenvalue weighted by atomic mass is 16.5. The van der Waals surface area contributed by atoms with Crippen molar-refractivity contribution in [2.75, 3.05) is 18.0 Å². The molecule has 1 heterocycles. The van der Waals surface area contributed by atoms with E-state index in [-0.39, 0.29) is 0 Å². The van der Waals surface area contributed by atoms with Crippen LogP contribution in [0.15, 0.2) is 42.5 Å². The molecule has 0 saturated carbocycles. The van der Waals surface area contributed by atoms with Crippen LogP contribution < -0.4 is 4.90 Å². The third-order valence-electron chi connectivity index (χ3n) is 5.16. The Kier molecular flexibility index (Phi) is 5.25. The smallest absolute Gasteiger partial charge is 0.0726 e. The van der Waals surface area contributed by atoms with E-state index in [4.69, 9.17) is 4.74 Å². The van der Waals surface area contributed by atoms with Gasteiger partial charge in [-0.15, -0.1) is 0 Å². The quantitative estimate of drug-likeness (QED) is 0.808. The van der Waals surface area contributed by atoms with Crippen LogP contribution in [-0.4, -0.2) is 25.3 Å². The van der Waals surface area contributed by atoms with Crippen molar-refractivity contribution in [3.05, 3.63) is 64.7 Å². The predicted octanol–water partition coefficient (Wildman–Crippen LogP) is 4.70. The van der Waals surface area contributed by atoms with E-state index >= 15 is 0 Å². The first-order valence-corrected chi connectivity index (χ1v) is 9.08. The fraction of sp³-hybridized carbons (Fsp3) is 0.455. The molecule has 0 bridgehead atoms. The van der Waals surface area contributed by atoms with Gasteiger partial charge in [0.1, 0.15) is 0 Å². The molecule has 24 heavy (non-hydrogen) atoms. The standard InChI is InChI=1S/C22H29NO/c1-16-14-23(15-17(2)24-16)22-13-12-21(18(3)19(22)4)11-10-20-8-6-5-7-9-20/h5-9,12-13,16-17H,10-11,14-15H2,1-4H3/t16-,17+. The van der Waals surface area contributed by atoms with Gasteiger partial charge in [-0.3, -0.25) is 0 Å². The molecule has 2 nitrogen and oxygen atoms in total. The molecule has 1 aliphatic heterocycles. The molecule has 128 valence electrons. The molecule has 2 aromatic rings. The Labute approximate surface area is 146 Å². The molecule has 1 aliphatic rings. The number of morpholine rings is 1. The van der Waals surface area contributed by atoms with Gasteiger partial charge >= 0.3 is 0 Å². The van der Waals surface area contributed by atoms with E-state index in [1.165, 1.54) is 27.9 Å². The first-order chi connectivity index (χ1) is 11.5. The van der Waals surface area contributed by atoms with Crippen LogP contribution >= 0.6 is 0 Å². The zero-order chi connectivity index (χ0) is 17.1. The van der Waals surface area contributed by atoms with E-state index in [0.717, 1.165) is 25.9 Å². The van der Waals surface area contributed by atoms with Gasteiger partial charge in [0.05, 0.1) is 12.2 Å². The number of hydrogen-bond acceptors (Lipinski definition) is 2. The van der Waals surface area contributed by atoms with Gasteiger partial charge in [0.2, 0.25) is 0 Å². The minimum Gasteiger partial charge on any atom is -0.372 e. The van der Waals surface area contributed by atoms with Crippen molar-refractivity contribution >= 4 is 5.69 Å². The molecule has 0 aromatic heterocycles. The van der Waals surface area contributed by atoms with E-state index in [1.54, 1.807) is 0 Å².